The van der Waals surface area contributed by atoms with Gasteiger partial charge in [-0.3, -0.25) is 4.79 Å². The molecule has 0 atom stereocenters. The molecule has 96 valence electrons. The number of nitrogens with two attached hydrogens (primary N) is 1. The lowest BCUT2D eigenvalue weighted by molar-refractivity contribution is 0.0965. The molecule has 2 heterocycles. The van der Waals surface area contributed by atoms with Crippen LogP contribution >= 0.6 is 22.9 Å². The average Bonchev–Trinajstić information content (AvgIpc) is 2.92. The van der Waals surface area contributed by atoms with Crippen molar-refractivity contribution in [3.05, 3.63) is 27.5 Å². The fourth-order valence-electron chi connectivity index (χ4n) is 1.51. The quantitative estimate of drug-likeness (QED) is 0.802. The number of hydrogen-bond acceptors (Lipinski definition) is 6. The third kappa shape index (κ3) is 2.46. The van der Waals surface area contributed by atoms with E-state index in [-0.39, 0.29) is 11.7 Å². The molecule has 0 aliphatic carbocycles. The number of nitrogen functional groups attached to an aromatic ring is 1. The topological polar surface area (TPSA) is 80.0 Å². The van der Waals surface area contributed by atoms with Crippen LogP contribution in [0.15, 0.2) is 11.4 Å². The molecule has 0 aliphatic heterocycles. The van der Waals surface area contributed by atoms with E-state index >= 15 is 0 Å². The average molecular weight is 282 g/mol. The van der Waals surface area contributed by atoms with Crippen LogP contribution in [0.1, 0.15) is 20.8 Å². The highest BCUT2D eigenvalue weighted by Gasteiger charge is 2.18. The smallest absolute Gasteiger partial charge is 0.257 e. The summed E-state index contributed by atoms with van der Waals surface area (Å²) in [4.78, 5) is 12.9. The fraction of sp³-hybridized carbons (Fsp3) is 0.273. The van der Waals surface area contributed by atoms with E-state index < -0.39 is 0 Å². The zero-order valence-corrected chi connectivity index (χ0v) is 11.7. The van der Waals surface area contributed by atoms with Gasteiger partial charge in [0.1, 0.15) is 10.6 Å². The summed E-state index contributed by atoms with van der Waals surface area (Å²) in [5.41, 5.74) is 7.37. The summed E-state index contributed by atoms with van der Waals surface area (Å²) in [5, 5.41) is 8.54. The van der Waals surface area contributed by atoms with Gasteiger partial charge in [0.05, 0.1) is 6.54 Å². The Morgan fingerprint density at radius 1 is 1.56 bits per heavy atom. The van der Waals surface area contributed by atoms with Gasteiger partial charge in [0.2, 0.25) is 0 Å². The summed E-state index contributed by atoms with van der Waals surface area (Å²) in [6.45, 7) is 2.74. The third-order valence-electron chi connectivity index (χ3n) is 2.55. The molecule has 0 saturated carbocycles. The highest BCUT2D eigenvalue weighted by Crippen LogP contribution is 2.28. The Bertz CT molecular complexity index is 561. The maximum atomic E-state index is 11.7. The van der Waals surface area contributed by atoms with Crippen LogP contribution in [0.2, 0.25) is 0 Å². The van der Waals surface area contributed by atoms with Crippen LogP contribution in [0.3, 0.4) is 0 Å². The zero-order valence-electron chi connectivity index (χ0n) is 10.1. The monoisotopic (exact) mass is 282 g/mol. The van der Waals surface area contributed by atoms with E-state index in [2.05, 4.69) is 28.0 Å². The van der Waals surface area contributed by atoms with Crippen molar-refractivity contribution in [2.45, 2.75) is 13.5 Å². The van der Waals surface area contributed by atoms with Crippen molar-refractivity contribution >= 4 is 39.6 Å². The zero-order chi connectivity index (χ0) is 13.1. The first kappa shape index (κ1) is 12.8. The molecule has 0 fully saturated rings. The molecule has 1 amide bonds. The minimum absolute atomic E-state index is 0.216. The molecule has 4 N–H and O–H groups in total. The highest BCUT2D eigenvalue weighted by molar-refractivity contribution is 7.11. The van der Waals surface area contributed by atoms with Gasteiger partial charge in [-0.1, -0.05) is 0 Å². The SMILES string of the molecule is CNC(=O)c1c(N)nsc1NCc1sccc1C. The molecule has 0 spiro atoms. The van der Waals surface area contributed by atoms with Gasteiger partial charge in [-0.25, -0.2) is 0 Å². The van der Waals surface area contributed by atoms with E-state index in [9.17, 15) is 4.79 Å². The summed E-state index contributed by atoms with van der Waals surface area (Å²) in [5.74, 6) is 0.0522. The van der Waals surface area contributed by atoms with Gasteiger partial charge in [0.25, 0.3) is 5.91 Å². The number of rotatable bonds is 4. The van der Waals surface area contributed by atoms with Crippen molar-refractivity contribution in [1.82, 2.24) is 9.69 Å². The van der Waals surface area contributed by atoms with Gasteiger partial charge in [-0.15, -0.1) is 11.3 Å². The molecule has 0 aliphatic rings. The largest absolute Gasteiger partial charge is 0.382 e. The fourth-order valence-corrected chi connectivity index (χ4v) is 3.07. The number of carbonyl (C=O) groups excluding carboxylic acids is 1. The molecular weight excluding hydrogens is 268 g/mol. The van der Waals surface area contributed by atoms with E-state index in [0.717, 1.165) is 0 Å². The molecule has 5 nitrogen and oxygen atoms in total. The maximum Gasteiger partial charge on any atom is 0.257 e. The molecule has 2 rings (SSSR count). The molecule has 2 aromatic rings. The Hall–Kier alpha value is -1.60. The van der Waals surface area contributed by atoms with Gasteiger partial charge >= 0.3 is 0 Å². The standard InChI is InChI=1S/C11H14N4OS2/c1-6-3-4-17-7(6)5-14-11-8(10(16)13-2)9(12)15-18-11/h3-4,14H,5H2,1-2H3,(H2,12,15)(H,13,16). The number of aromatic nitrogens is 1. The second kappa shape index (κ2) is 5.36. The Kier molecular flexibility index (Phi) is 3.83. The lowest BCUT2D eigenvalue weighted by Crippen LogP contribution is -2.20. The van der Waals surface area contributed by atoms with Crippen molar-refractivity contribution < 1.29 is 4.79 Å². The number of nitrogens with one attached hydrogen (secondary N) is 2. The summed E-state index contributed by atoms with van der Waals surface area (Å²) in [6, 6.07) is 2.07. The van der Waals surface area contributed by atoms with E-state index in [4.69, 9.17) is 5.73 Å². The second-order valence-corrected chi connectivity index (χ2v) is 5.51. The lowest BCUT2D eigenvalue weighted by Gasteiger charge is -2.05. The molecule has 0 aromatic carbocycles. The Balaban J connectivity index is 2.15. The van der Waals surface area contributed by atoms with E-state index in [1.807, 2.05) is 5.38 Å². The van der Waals surface area contributed by atoms with Gasteiger partial charge in [0, 0.05) is 11.9 Å². The van der Waals surface area contributed by atoms with Crippen LogP contribution in [0.25, 0.3) is 0 Å². The number of nitrogens with zero attached hydrogens (tertiary/aromatic N) is 1. The van der Waals surface area contributed by atoms with Gasteiger partial charge in [-0.2, -0.15) is 4.37 Å². The maximum absolute atomic E-state index is 11.7. The van der Waals surface area contributed by atoms with Crippen molar-refractivity contribution in [2.24, 2.45) is 0 Å². The molecule has 0 radical (unpaired) electrons. The predicted octanol–water partition coefficient (Wildman–Crippen LogP) is 2.07. The molecule has 7 heteroatoms. The van der Waals surface area contributed by atoms with Crippen LogP contribution in [-0.2, 0) is 6.54 Å². The minimum atomic E-state index is -0.216. The molecule has 0 unspecified atom stereocenters. The first-order valence-corrected chi connectivity index (χ1v) is 7.03. The summed E-state index contributed by atoms with van der Waals surface area (Å²) in [6.07, 6.45) is 0. The van der Waals surface area contributed by atoms with Crippen molar-refractivity contribution in [3.8, 4) is 0 Å². The van der Waals surface area contributed by atoms with Crippen molar-refractivity contribution in [2.75, 3.05) is 18.1 Å². The van der Waals surface area contributed by atoms with Crippen LogP contribution in [-0.4, -0.2) is 17.3 Å². The van der Waals surface area contributed by atoms with Gasteiger partial charge in [-0.05, 0) is 35.5 Å². The number of hydrogen-bond donors (Lipinski definition) is 3. The summed E-state index contributed by atoms with van der Waals surface area (Å²) in [7, 11) is 1.58. The molecule has 2 aromatic heterocycles. The summed E-state index contributed by atoms with van der Waals surface area (Å²) >= 11 is 2.89. The van der Waals surface area contributed by atoms with Gasteiger partial charge in [0.15, 0.2) is 5.82 Å². The second-order valence-electron chi connectivity index (χ2n) is 3.73. The minimum Gasteiger partial charge on any atom is -0.382 e. The number of aryl methyl sites for hydroxylation is 1. The first-order chi connectivity index (χ1) is 8.63. The first-order valence-electron chi connectivity index (χ1n) is 5.37. The number of amides is 1. The van der Waals surface area contributed by atoms with Crippen LogP contribution in [0, 0.1) is 6.92 Å². The normalized spacial score (nSPS) is 10.3. The van der Waals surface area contributed by atoms with Crippen molar-refractivity contribution in [3.63, 3.8) is 0 Å². The molecular formula is C11H14N4OS2. The van der Waals surface area contributed by atoms with Crippen LogP contribution in [0.5, 0.6) is 0 Å². The number of anilines is 2. The molecule has 0 bridgehead atoms. The van der Waals surface area contributed by atoms with E-state index in [1.165, 1.54) is 22.0 Å². The van der Waals surface area contributed by atoms with Crippen LogP contribution < -0.4 is 16.4 Å². The van der Waals surface area contributed by atoms with Crippen molar-refractivity contribution in [1.29, 1.82) is 0 Å². The molecule has 18 heavy (non-hydrogen) atoms. The Labute approximate surface area is 113 Å². The lowest BCUT2D eigenvalue weighted by atomic mass is 10.2. The Morgan fingerprint density at radius 3 is 2.94 bits per heavy atom. The van der Waals surface area contributed by atoms with Crippen LogP contribution in [0.4, 0.5) is 10.8 Å². The number of carbonyl (C=O) groups is 1. The Morgan fingerprint density at radius 2 is 2.33 bits per heavy atom. The highest BCUT2D eigenvalue weighted by atomic mass is 32.1. The summed E-state index contributed by atoms with van der Waals surface area (Å²) < 4.78 is 4.01. The van der Waals surface area contributed by atoms with E-state index in [1.54, 1.807) is 18.4 Å². The number of thiophene rings is 1. The van der Waals surface area contributed by atoms with Gasteiger partial charge < -0.3 is 16.4 Å². The predicted molar refractivity (Wildman–Crippen MR) is 76.3 cm³/mol. The van der Waals surface area contributed by atoms with E-state index in [0.29, 0.717) is 17.1 Å². The molecule has 0 saturated heterocycles. The third-order valence-corrected chi connectivity index (χ3v) is 4.39.